The van der Waals surface area contributed by atoms with Gasteiger partial charge in [0.1, 0.15) is 0 Å². The number of nitrogens with one attached hydrogen (secondary N) is 2. The Labute approximate surface area is 103 Å². The molecule has 1 amide bonds. The first-order chi connectivity index (χ1) is 8.04. The van der Waals surface area contributed by atoms with Gasteiger partial charge in [0.2, 0.25) is 5.91 Å². The molecule has 5 atom stereocenters. The van der Waals surface area contributed by atoms with Gasteiger partial charge < -0.3 is 15.7 Å². The average Bonchev–Trinajstić information content (AvgIpc) is 2.63. The highest BCUT2D eigenvalue weighted by Crippen LogP contribution is 2.28. The lowest BCUT2D eigenvalue weighted by Crippen LogP contribution is -2.47. The van der Waals surface area contributed by atoms with Crippen LogP contribution < -0.4 is 10.6 Å². The lowest BCUT2D eigenvalue weighted by atomic mass is 9.80. The normalized spacial score (nSPS) is 42.4. The molecule has 98 valence electrons. The Balaban J connectivity index is 1.81. The van der Waals surface area contributed by atoms with E-state index in [-0.39, 0.29) is 18.1 Å². The summed E-state index contributed by atoms with van der Waals surface area (Å²) >= 11 is 0. The topological polar surface area (TPSA) is 61.4 Å². The Morgan fingerprint density at radius 1 is 1.18 bits per heavy atom. The Kier molecular flexibility index (Phi) is 4.05. The molecule has 1 unspecified atom stereocenters. The molecule has 2 fully saturated rings. The maximum Gasteiger partial charge on any atom is 0.237 e. The number of rotatable bonds is 2. The highest BCUT2D eigenvalue weighted by molar-refractivity contribution is 5.82. The molecule has 1 saturated carbocycles. The first-order valence-corrected chi connectivity index (χ1v) is 6.76. The summed E-state index contributed by atoms with van der Waals surface area (Å²) in [5, 5.41) is 15.6. The molecule has 2 aliphatic rings. The van der Waals surface area contributed by atoms with Gasteiger partial charge in [0.05, 0.1) is 12.1 Å². The van der Waals surface area contributed by atoms with E-state index in [2.05, 4.69) is 24.5 Å². The van der Waals surface area contributed by atoms with E-state index in [9.17, 15) is 9.90 Å². The van der Waals surface area contributed by atoms with E-state index < -0.39 is 0 Å². The van der Waals surface area contributed by atoms with Crippen molar-refractivity contribution in [2.45, 2.75) is 57.7 Å². The van der Waals surface area contributed by atoms with E-state index in [1.807, 2.05) is 0 Å². The van der Waals surface area contributed by atoms with Crippen LogP contribution in [0.15, 0.2) is 0 Å². The van der Waals surface area contributed by atoms with Crippen LogP contribution >= 0.6 is 0 Å². The fraction of sp³-hybridized carbons (Fsp3) is 0.923. The van der Waals surface area contributed by atoms with Crippen LogP contribution in [0.2, 0.25) is 0 Å². The highest BCUT2D eigenvalue weighted by atomic mass is 16.3. The quantitative estimate of drug-likeness (QED) is 0.664. The largest absolute Gasteiger partial charge is 0.392 e. The van der Waals surface area contributed by atoms with Crippen molar-refractivity contribution >= 4 is 5.91 Å². The molecule has 3 N–H and O–H groups in total. The van der Waals surface area contributed by atoms with Crippen LogP contribution in [-0.2, 0) is 4.79 Å². The summed E-state index contributed by atoms with van der Waals surface area (Å²) in [6.07, 6.45) is 3.63. The zero-order valence-electron chi connectivity index (χ0n) is 10.8. The first-order valence-electron chi connectivity index (χ1n) is 6.76. The summed E-state index contributed by atoms with van der Waals surface area (Å²) in [6, 6.07) is 0.123. The van der Waals surface area contributed by atoms with Crippen LogP contribution in [0.1, 0.15) is 39.5 Å². The maximum atomic E-state index is 12.0. The molecule has 17 heavy (non-hydrogen) atoms. The minimum absolute atomic E-state index is 0.0628. The number of aliphatic hydroxyl groups is 1. The Morgan fingerprint density at radius 2 is 1.82 bits per heavy atom. The van der Waals surface area contributed by atoms with Crippen molar-refractivity contribution in [1.29, 1.82) is 0 Å². The minimum atomic E-state index is -0.366. The number of amides is 1. The van der Waals surface area contributed by atoms with Gasteiger partial charge in [0, 0.05) is 12.6 Å². The van der Waals surface area contributed by atoms with Gasteiger partial charge in [-0.15, -0.1) is 0 Å². The third kappa shape index (κ3) is 3.42. The summed E-state index contributed by atoms with van der Waals surface area (Å²) < 4.78 is 0. The molecule has 0 aromatic carbocycles. The number of β-amino-alcohol motifs (C(OH)–C–C–N with tert-alkyl or cyclic N) is 1. The van der Waals surface area contributed by atoms with Gasteiger partial charge in [-0.3, -0.25) is 4.79 Å². The SMILES string of the molecule is C[C@@H]1CC(NC(=O)[C@H]2C[C@H](O)CN2)C[C@H](C)C1. The Bertz CT molecular complexity index is 273. The third-order valence-electron chi connectivity index (χ3n) is 3.95. The van der Waals surface area contributed by atoms with Crippen LogP contribution in [0.5, 0.6) is 0 Å². The second kappa shape index (κ2) is 5.36. The predicted molar refractivity (Wildman–Crippen MR) is 66.5 cm³/mol. The number of hydrogen-bond acceptors (Lipinski definition) is 3. The van der Waals surface area contributed by atoms with Gasteiger partial charge in [-0.05, 0) is 37.5 Å². The molecular weight excluding hydrogens is 216 g/mol. The van der Waals surface area contributed by atoms with Gasteiger partial charge in [-0.25, -0.2) is 0 Å². The van der Waals surface area contributed by atoms with Gasteiger partial charge in [0.25, 0.3) is 0 Å². The van der Waals surface area contributed by atoms with Crippen molar-refractivity contribution in [3.05, 3.63) is 0 Å². The van der Waals surface area contributed by atoms with E-state index in [0.717, 1.165) is 12.8 Å². The molecule has 0 aromatic rings. The molecule has 0 radical (unpaired) electrons. The number of carbonyl (C=O) groups excluding carboxylic acids is 1. The summed E-state index contributed by atoms with van der Waals surface area (Å²) in [7, 11) is 0. The van der Waals surface area contributed by atoms with Crippen molar-refractivity contribution in [3.63, 3.8) is 0 Å². The number of hydrogen-bond donors (Lipinski definition) is 3. The zero-order valence-corrected chi connectivity index (χ0v) is 10.8. The fourth-order valence-corrected chi connectivity index (χ4v) is 3.28. The van der Waals surface area contributed by atoms with Crippen molar-refractivity contribution in [1.82, 2.24) is 10.6 Å². The van der Waals surface area contributed by atoms with Crippen LogP contribution in [0.4, 0.5) is 0 Å². The van der Waals surface area contributed by atoms with Crippen LogP contribution in [0.3, 0.4) is 0 Å². The summed E-state index contributed by atoms with van der Waals surface area (Å²) in [4.78, 5) is 12.0. The zero-order chi connectivity index (χ0) is 12.4. The Morgan fingerprint density at radius 3 is 2.35 bits per heavy atom. The standard InChI is InChI=1S/C13H24N2O2/c1-8-3-9(2)5-10(4-8)15-13(17)12-6-11(16)7-14-12/h8-12,14,16H,3-7H2,1-2H3,(H,15,17)/t8-,9+,10?,11-,12+/m0/s1. The van der Waals surface area contributed by atoms with Crippen molar-refractivity contribution in [2.75, 3.05) is 6.54 Å². The molecule has 0 aromatic heterocycles. The van der Waals surface area contributed by atoms with E-state index >= 15 is 0 Å². The van der Waals surface area contributed by atoms with E-state index in [1.54, 1.807) is 0 Å². The lowest BCUT2D eigenvalue weighted by Gasteiger charge is -2.32. The second-order valence-corrected chi connectivity index (χ2v) is 5.97. The molecule has 1 saturated heterocycles. The molecule has 4 nitrogen and oxygen atoms in total. The smallest absolute Gasteiger partial charge is 0.237 e. The third-order valence-corrected chi connectivity index (χ3v) is 3.95. The number of carbonyl (C=O) groups is 1. The molecule has 1 aliphatic carbocycles. The van der Waals surface area contributed by atoms with Crippen molar-refractivity contribution in [2.24, 2.45) is 11.8 Å². The van der Waals surface area contributed by atoms with E-state index in [1.165, 1.54) is 6.42 Å². The molecular formula is C13H24N2O2. The lowest BCUT2D eigenvalue weighted by molar-refractivity contribution is -0.124. The molecule has 0 spiro atoms. The first kappa shape index (κ1) is 12.8. The predicted octanol–water partition coefficient (Wildman–Crippen LogP) is 0.650. The van der Waals surface area contributed by atoms with Crippen LogP contribution in [0, 0.1) is 11.8 Å². The molecule has 0 bridgehead atoms. The van der Waals surface area contributed by atoms with Crippen molar-refractivity contribution < 1.29 is 9.90 Å². The monoisotopic (exact) mass is 240 g/mol. The Hall–Kier alpha value is -0.610. The molecule has 1 heterocycles. The van der Waals surface area contributed by atoms with Gasteiger partial charge in [-0.1, -0.05) is 13.8 Å². The van der Waals surface area contributed by atoms with E-state index in [0.29, 0.717) is 30.8 Å². The maximum absolute atomic E-state index is 12.0. The minimum Gasteiger partial charge on any atom is -0.392 e. The molecule has 2 rings (SSSR count). The average molecular weight is 240 g/mol. The van der Waals surface area contributed by atoms with E-state index in [4.69, 9.17) is 0 Å². The van der Waals surface area contributed by atoms with Gasteiger partial charge >= 0.3 is 0 Å². The van der Waals surface area contributed by atoms with Crippen LogP contribution in [0.25, 0.3) is 0 Å². The molecule has 4 heteroatoms. The van der Waals surface area contributed by atoms with Crippen molar-refractivity contribution in [3.8, 4) is 0 Å². The summed E-state index contributed by atoms with van der Waals surface area (Å²) in [6.45, 7) is 5.05. The second-order valence-electron chi connectivity index (χ2n) is 5.97. The molecule has 1 aliphatic heterocycles. The summed E-state index contributed by atoms with van der Waals surface area (Å²) in [5.41, 5.74) is 0. The van der Waals surface area contributed by atoms with Crippen LogP contribution in [-0.4, -0.2) is 35.7 Å². The summed E-state index contributed by atoms with van der Waals surface area (Å²) in [5.74, 6) is 1.46. The van der Waals surface area contributed by atoms with Gasteiger partial charge in [0.15, 0.2) is 0 Å². The highest BCUT2D eigenvalue weighted by Gasteiger charge is 2.31. The number of aliphatic hydroxyl groups excluding tert-OH is 1. The fourth-order valence-electron chi connectivity index (χ4n) is 3.28. The van der Waals surface area contributed by atoms with Gasteiger partial charge in [-0.2, -0.15) is 0 Å².